The number of hydrogen-bond acceptors (Lipinski definition) is 2. The molecule has 0 saturated heterocycles. The standard InChI is InChI=1S/C13H19NO.ClH/c1-10-5-6-11(2)12(9-10)13(15)7-8-14(3)4;/h5-6,9H,7-8H2,1-4H3;1H. The van der Waals surface area contributed by atoms with Gasteiger partial charge in [-0.15, -0.1) is 12.4 Å². The molecule has 0 spiro atoms. The van der Waals surface area contributed by atoms with Crippen LogP contribution < -0.4 is 0 Å². The third-order valence-electron chi connectivity index (χ3n) is 2.48. The van der Waals surface area contributed by atoms with Crippen molar-refractivity contribution >= 4 is 18.2 Å². The van der Waals surface area contributed by atoms with Gasteiger partial charge in [-0.25, -0.2) is 0 Å². The van der Waals surface area contributed by atoms with Gasteiger partial charge in [0.05, 0.1) is 0 Å². The Labute approximate surface area is 104 Å². The molecular formula is C13H20ClNO. The molecule has 0 aromatic heterocycles. The average Bonchev–Trinajstić information content (AvgIpc) is 2.18. The Balaban J connectivity index is 0.00000225. The number of Topliss-reactive ketones (excluding diaryl/α,β-unsaturated/α-hetero) is 1. The van der Waals surface area contributed by atoms with Crippen LogP contribution in [0.2, 0.25) is 0 Å². The summed E-state index contributed by atoms with van der Waals surface area (Å²) >= 11 is 0. The highest BCUT2D eigenvalue weighted by atomic mass is 35.5. The quantitative estimate of drug-likeness (QED) is 0.756. The second-order valence-electron chi connectivity index (χ2n) is 4.29. The van der Waals surface area contributed by atoms with Crippen molar-refractivity contribution in [2.75, 3.05) is 20.6 Å². The van der Waals surface area contributed by atoms with E-state index in [1.165, 1.54) is 0 Å². The van der Waals surface area contributed by atoms with E-state index in [1.54, 1.807) is 0 Å². The van der Waals surface area contributed by atoms with Crippen molar-refractivity contribution < 1.29 is 4.79 Å². The third-order valence-corrected chi connectivity index (χ3v) is 2.48. The molecule has 3 heteroatoms. The van der Waals surface area contributed by atoms with Crippen molar-refractivity contribution in [3.05, 3.63) is 34.9 Å². The second kappa shape index (κ2) is 6.66. The highest BCUT2D eigenvalue weighted by Gasteiger charge is 2.09. The fraction of sp³-hybridized carbons (Fsp3) is 0.462. The first-order valence-electron chi connectivity index (χ1n) is 5.26. The highest BCUT2D eigenvalue weighted by molar-refractivity contribution is 5.97. The van der Waals surface area contributed by atoms with Gasteiger partial charge in [-0.2, -0.15) is 0 Å². The fourth-order valence-corrected chi connectivity index (χ4v) is 1.50. The predicted octanol–water partition coefficient (Wildman–Crippen LogP) is 2.86. The average molecular weight is 242 g/mol. The Morgan fingerprint density at radius 2 is 1.88 bits per heavy atom. The number of halogens is 1. The summed E-state index contributed by atoms with van der Waals surface area (Å²) in [4.78, 5) is 13.9. The van der Waals surface area contributed by atoms with Gasteiger partial charge >= 0.3 is 0 Å². The van der Waals surface area contributed by atoms with Crippen molar-refractivity contribution in [1.29, 1.82) is 0 Å². The zero-order valence-electron chi connectivity index (χ0n) is 10.4. The molecule has 16 heavy (non-hydrogen) atoms. The van der Waals surface area contributed by atoms with Gasteiger partial charge in [-0.1, -0.05) is 17.7 Å². The molecule has 0 bridgehead atoms. The van der Waals surface area contributed by atoms with Crippen LogP contribution in [0, 0.1) is 13.8 Å². The molecule has 2 nitrogen and oxygen atoms in total. The van der Waals surface area contributed by atoms with Crippen LogP contribution in [0.25, 0.3) is 0 Å². The second-order valence-corrected chi connectivity index (χ2v) is 4.29. The summed E-state index contributed by atoms with van der Waals surface area (Å²) in [6.45, 7) is 4.82. The molecule has 90 valence electrons. The molecule has 0 atom stereocenters. The Morgan fingerprint density at radius 1 is 1.25 bits per heavy atom. The van der Waals surface area contributed by atoms with Crippen molar-refractivity contribution in [3.63, 3.8) is 0 Å². The lowest BCUT2D eigenvalue weighted by Crippen LogP contribution is -2.17. The van der Waals surface area contributed by atoms with Gasteiger partial charge in [0.1, 0.15) is 0 Å². The molecule has 0 saturated carbocycles. The monoisotopic (exact) mass is 241 g/mol. The van der Waals surface area contributed by atoms with E-state index in [2.05, 4.69) is 0 Å². The van der Waals surface area contributed by atoms with Crippen LogP contribution in [-0.2, 0) is 0 Å². The number of hydrogen-bond donors (Lipinski definition) is 0. The molecule has 0 aliphatic carbocycles. The zero-order valence-corrected chi connectivity index (χ0v) is 11.2. The van der Waals surface area contributed by atoms with E-state index in [9.17, 15) is 4.79 Å². The summed E-state index contributed by atoms with van der Waals surface area (Å²) in [5.74, 6) is 0.241. The lowest BCUT2D eigenvalue weighted by molar-refractivity contribution is 0.0972. The summed E-state index contributed by atoms with van der Waals surface area (Å²) in [5.41, 5.74) is 3.09. The molecule has 0 aliphatic rings. The highest BCUT2D eigenvalue weighted by Crippen LogP contribution is 2.12. The van der Waals surface area contributed by atoms with Crippen LogP contribution in [0.3, 0.4) is 0 Å². The number of carbonyl (C=O) groups excluding carboxylic acids is 1. The van der Waals surface area contributed by atoms with Gasteiger partial charge in [0.15, 0.2) is 5.78 Å². The number of aryl methyl sites for hydroxylation is 2. The molecule has 0 aliphatic heterocycles. The molecule has 0 fully saturated rings. The van der Waals surface area contributed by atoms with Crippen LogP contribution in [0.4, 0.5) is 0 Å². The minimum Gasteiger partial charge on any atom is -0.309 e. The van der Waals surface area contributed by atoms with Gasteiger partial charge in [0.2, 0.25) is 0 Å². The van der Waals surface area contributed by atoms with Gasteiger partial charge in [0.25, 0.3) is 0 Å². The summed E-state index contributed by atoms with van der Waals surface area (Å²) in [6, 6.07) is 6.03. The number of rotatable bonds is 4. The summed E-state index contributed by atoms with van der Waals surface area (Å²) in [7, 11) is 3.97. The van der Waals surface area contributed by atoms with Crippen molar-refractivity contribution in [3.8, 4) is 0 Å². The molecule has 0 radical (unpaired) electrons. The van der Waals surface area contributed by atoms with Crippen LogP contribution in [0.15, 0.2) is 18.2 Å². The number of benzene rings is 1. The van der Waals surface area contributed by atoms with Crippen LogP contribution in [0.5, 0.6) is 0 Å². The Morgan fingerprint density at radius 3 is 2.44 bits per heavy atom. The van der Waals surface area contributed by atoms with Gasteiger partial charge in [-0.05, 0) is 39.6 Å². The van der Waals surface area contributed by atoms with Crippen LogP contribution in [0.1, 0.15) is 27.9 Å². The summed E-state index contributed by atoms with van der Waals surface area (Å²) < 4.78 is 0. The SMILES string of the molecule is Cc1ccc(C)c(C(=O)CCN(C)C)c1.Cl. The summed E-state index contributed by atoms with van der Waals surface area (Å²) in [6.07, 6.45) is 0.595. The lowest BCUT2D eigenvalue weighted by atomic mass is 10.0. The van der Waals surface area contributed by atoms with E-state index in [1.807, 2.05) is 51.0 Å². The van der Waals surface area contributed by atoms with E-state index >= 15 is 0 Å². The Bertz CT molecular complexity index is 361. The van der Waals surface area contributed by atoms with Gasteiger partial charge in [0, 0.05) is 18.5 Å². The zero-order chi connectivity index (χ0) is 11.4. The van der Waals surface area contributed by atoms with Gasteiger partial charge < -0.3 is 4.90 Å². The molecule has 1 aromatic rings. The molecule has 0 amide bonds. The largest absolute Gasteiger partial charge is 0.309 e. The van der Waals surface area contributed by atoms with Crippen molar-refractivity contribution in [2.45, 2.75) is 20.3 Å². The van der Waals surface area contributed by atoms with E-state index in [-0.39, 0.29) is 18.2 Å². The lowest BCUT2D eigenvalue weighted by Gasteiger charge is -2.10. The van der Waals surface area contributed by atoms with Crippen LogP contribution >= 0.6 is 12.4 Å². The minimum absolute atomic E-state index is 0. The molecule has 0 N–H and O–H groups in total. The number of ketones is 1. The molecule has 0 heterocycles. The molecule has 1 rings (SSSR count). The fourth-order valence-electron chi connectivity index (χ4n) is 1.50. The topological polar surface area (TPSA) is 20.3 Å². The molecule has 1 aromatic carbocycles. The van der Waals surface area contributed by atoms with Crippen LogP contribution in [-0.4, -0.2) is 31.3 Å². The Kier molecular flexibility index (Phi) is 6.31. The number of nitrogens with zero attached hydrogens (tertiary/aromatic N) is 1. The minimum atomic E-state index is 0. The van der Waals surface area contributed by atoms with E-state index in [4.69, 9.17) is 0 Å². The molecule has 0 unspecified atom stereocenters. The third kappa shape index (κ3) is 4.33. The number of carbonyl (C=O) groups is 1. The van der Waals surface area contributed by atoms with E-state index < -0.39 is 0 Å². The van der Waals surface area contributed by atoms with Crippen molar-refractivity contribution in [2.24, 2.45) is 0 Å². The van der Waals surface area contributed by atoms with Crippen molar-refractivity contribution in [1.82, 2.24) is 4.90 Å². The smallest absolute Gasteiger partial charge is 0.164 e. The predicted molar refractivity (Wildman–Crippen MR) is 70.7 cm³/mol. The maximum atomic E-state index is 11.9. The normalized spacial score (nSPS) is 10.1. The summed E-state index contributed by atoms with van der Waals surface area (Å²) in [5, 5.41) is 0. The maximum absolute atomic E-state index is 11.9. The van der Waals surface area contributed by atoms with E-state index in [0.29, 0.717) is 6.42 Å². The van der Waals surface area contributed by atoms with E-state index in [0.717, 1.165) is 23.2 Å². The first-order valence-corrected chi connectivity index (χ1v) is 5.26. The maximum Gasteiger partial charge on any atom is 0.164 e. The first-order chi connectivity index (χ1) is 7.00. The molecular weight excluding hydrogens is 222 g/mol. The van der Waals surface area contributed by atoms with Gasteiger partial charge in [-0.3, -0.25) is 4.79 Å². The first kappa shape index (κ1) is 15.1. The Hall–Kier alpha value is -0.860.